The molecule has 0 saturated carbocycles. The van der Waals surface area contributed by atoms with Crippen LogP contribution in [0.3, 0.4) is 0 Å². The molecule has 1 aliphatic rings. The Morgan fingerprint density at radius 3 is 2.71 bits per heavy atom. The molecular weight excluding hydrogens is 262 g/mol. The highest BCUT2D eigenvalue weighted by atomic mass is 16.5. The molecule has 1 aliphatic heterocycles. The Bertz CT molecular complexity index is 634. The largest absolute Gasteiger partial charge is 0.497 e. The van der Waals surface area contributed by atoms with Gasteiger partial charge in [0.25, 0.3) is 0 Å². The summed E-state index contributed by atoms with van der Waals surface area (Å²) in [6.45, 7) is 0. The lowest BCUT2D eigenvalue weighted by Crippen LogP contribution is -2.28. The van der Waals surface area contributed by atoms with Gasteiger partial charge in [0, 0.05) is 23.7 Å². The van der Waals surface area contributed by atoms with Crippen molar-refractivity contribution in [2.45, 2.75) is 25.3 Å². The number of carbonyl (C=O) groups is 1. The standard InChI is InChI=1S/C18H19NO2/c1-21-16-10-7-14(8-11-16)18(20)12-15-9-6-13-4-2-3-5-17(13)19-15/h2-5,7-8,10-11,15,19H,6,9,12H2,1H3/t15-/m1/s1. The zero-order chi connectivity index (χ0) is 14.7. The third-order valence-corrected chi connectivity index (χ3v) is 3.98. The van der Waals surface area contributed by atoms with Crippen LogP contribution < -0.4 is 10.1 Å². The van der Waals surface area contributed by atoms with Crippen LogP contribution in [0.5, 0.6) is 5.75 Å². The molecule has 0 aliphatic carbocycles. The highest BCUT2D eigenvalue weighted by molar-refractivity contribution is 5.96. The predicted molar refractivity (Wildman–Crippen MR) is 84.1 cm³/mol. The second kappa shape index (κ2) is 6.00. The number of methoxy groups -OCH3 is 1. The van der Waals surface area contributed by atoms with Crippen molar-refractivity contribution in [2.75, 3.05) is 12.4 Å². The molecule has 3 nitrogen and oxygen atoms in total. The maximum absolute atomic E-state index is 12.3. The van der Waals surface area contributed by atoms with Crippen molar-refractivity contribution in [1.82, 2.24) is 0 Å². The molecule has 0 aromatic heterocycles. The quantitative estimate of drug-likeness (QED) is 0.868. The lowest BCUT2D eigenvalue weighted by Gasteiger charge is -2.26. The van der Waals surface area contributed by atoms with Crippen LogP contribution in [0.1, 0.15) is 28.8 Å². The fraction of sp³-hybridized carbons (Fsp3) is 0.278. The summed E-state index contributed by atoms with van der Waals surface area (Å²) >= 11 is 0. The summed E-state index contributed by atoms with van der Waals surface area (Å²) in [6.07, 6.45) is 2.56. The molecule has 0 unspecified atom stereocenters. The lowest BCUT2D eigenvalue weighted by atomic mass is 9.93. The van der Waals surface area contributed by atoms with E-state index in [0.717, 1.165) is 29.8 Å². The number of fused-ring (bicyclic) bond motifs is 1. The van der Waals surface area contributed by atoms with Crippen LogP contribution in [0.4, 0.5) is 5.69 Å². The van der Waals surface area contributed by atoms with Gasteiger partial charge in [0.05, 0.1) is 7.11 Å². The molecule has 0 amide bonds. The zero-order valence-corrected chi connectivity index (χ0v) is 12.1. The molecule has 1 heterocycles. The highest BCUT2D eigenvalue weighted by Crippen LogP contribution is 2.26. The molecule has 0 radical (unpaired) electrons. The van der Waals surface area contributed by atoms with Gasteiger partial charge in [0.15, 0.2) is 5.78 Å². The van der Waals surface area contributed by atoms with Gasteiger partial charge in [-0.3, -0.25) is 4.79 Å². The summed E-state index contributed by atoms with van der Waals surface area (Å²) in [7, 11) is 1.63. The monoisotopic (exact) mass is 281 g/mol. The number of aryl methyl sites for hydroxylation is 1. The first-order valence-electron chi connectivity index (χ1n) is 7.28. The number of hydrogen-bond donors (Lipinski definition) is 1. The number of ether oxygens (including phenoxy) is 1. The second-order valence-electron chi connectivity index (χ2n) is 5.39. The molecule has 1 N–H and O–H groups in total. The molecule has 3 rings (SSSR count). The summed E-state index contributed by atoms with van der Waals surface area (Å²) in [5.41, 5.74) is 3.25. The van der Waals surface area contributed by atoms with Gasteiger partial charge in [-0.15, -0.1) is 0 Å². The van der Waals surface area contributed by atoms with Gasteiger partial charge >= 0.3 is 0 Å². The maximum Gasteiger partial charge on any atom is 0.164 e. The van der Waals surface area contributed by atoms with E-state index in [9.17, 15) is 4.79 Å². The normalized spacial score (nSPS) is 16.7. The number of rotatable bonds is 4. The number of carbonyl (C=O) groups excluding carboxylic acids is 1. The van der Waals surface area contributed by atoms with Crippen LogP contribution in [0.25, 0.3) is 0 Å². The topological polar surface area (TPSA) is 38.3 Å². The van der Waals surface area contributed by atoms with Gasteiger partial charge in [0.1, 0.15) is 5.75 Å². The van der Waals surface area contributed by atoms with E-state index in [0.29, 0.717) is 6.42 Å². The van der Waals surface area contributed by atoms with Gasteiger partial charge in [-0.05, 0) is 48.7 Å². The van der Waals surface area contributed by atoms with Crippen molar-refractivity contribution < 1.29 is 9.53 Å². The summed E-state index contributed by atoms with van der Waals surface area (Å²) in [5, 5.41) is 3.47. The van der Waals surface area contributed by atoms with E-state index in [1.165, 1.54) is 5.56 Å². The van der Waals surface area contributed by atoms with E-state index in [2.05, 4.69) is 23.5 Å². The van der Waals surface area contributed by atoms with Gasteiger partial charge in [-0.2, -0.15) is 0 Å². The number of hydrogen-bond acceptors (Lipinski definition) is 3. The molecule has 0 saturated heterocycles. The molecular formula is C18H19NO2. The fourth-order valence-electron chi connectivity index (χ4n) is 2.77. The Labute approximate surface area is 124 Å². The van der Waals surface area contributed by atoms with Crippen LogP contribution in [0.15, 0.2) is 48.5 Å². The Morgan fingerprint density at radius 1 is 1.19 bits per heavy atom. The molecule has 0 bridgehead atoms. The SMILES string of the molecule is COc1ccc(C(=O)C[C@H]2CCc3ccccc3N2)cc1. The van der Waals surface area contributed by atoms with Crippen LogP contribution >= 0.6 is 0 Å². The van der Waals surface area contributed by atoms with E-state index in [1.54, 1.807) is 7.11 Å². The maximum atomic E-state index is 12.3. The molecule has 21 heavy (non-hydrogen) atoms. The van der Waals surface area contributed by atoms with Gasteiger partial charge < -0.3 is 10.1 Å². The van der Waals surface area contributed by atoms with Crippen molar-refractivity contribution >= 4 is 11.5 Å². The molecule has 108 valence electrons. The molecule has 1 atom stereocenters. The number of para-hydroxylation sites is 1. The lowest BCUT2D eigenvalue weighted by molar-refractivity contribution is 0.0975. The van der Waals surface area contributed by atoms with Gasteiger partial charge in [-0.1, -0.05) is 18.2 Å². The van der Waals surface area contributed by atoms with Crippen LogP contribution in [-0.2, 0) is 6.42 Å². The fourth-order valence-corrected chi connectivity index (χ4v) is 2.77. The second-order valence-corrected chi connectivity index (χ2v) is 5.39. The summed E-state index contributed by atoms with van der Waals surface area (Å²) < 4.78 is 5.11. The summed E-state index contributed by atoms with van der Waals surface area (Å²) in [6, 6.07) is 15.9. The van der Waals surface area contributed by atoms with E-state index in [-0.39, 0.29) is 11.8 Å². The van der Waals surface area contributed by atoms with E-state index < -0.39 is 0 Å². The average molecular weight is 281 g/mol. The smallest absolute Gasteiger partial charge is 0.164 e. The molecule has 2 aromatic rings. The minimum atomic E-state index is 0.175. The van der Waals surface area contributed by atoms with Crippen molar-refractivity contribution in [2.24, 2.45) is 0 Å². The Balaban J connectivity index is 1.65. The summed E-state index contributed by atoms with van der Waals surface area (Å²) in [5.74, 6) is 0.950. The Kier molecular flexibility index (Phi) is 3.91. The van der Waals surface area contributed by atoms with Crippen LogP contribution in [0.2, 0.25) is 0 Å². The molecule has 0 fully saturated rings. The minimum Gasteiger partial charge on any atom is -0.497 e. The zero-order valence-electron chi connectivity index (χ0n) is 12.1. The van der Waals surface area contributed by atoms with E-state index in [1.807, 2.05) is 30.3 Å². The summed E-state index contributed by atoms with van der Waals surface area (Å²) in [4.78, 5) is 12.3. The van der Waals surface area contributed by atoms with Gasteiger partial charge in [0.2, 0.25) is 0 Å². The van der Waals surface area contributed by atoms with E-state index >= 15 is 0 Å². The first-order chi connectivity index (χ1) is 10.3. The third kappa shape index (κ3) is 3.07. The van der Waals surface area contributed by atoms with Crippen molar-refractivity contribution in [3.63, 3.8) is 0 Å². The molecule has 0 spiro atoms. The molecule has 2 aromatic carbocycles. The van der Waals surface area contributed by atoms with Crippen LogP contribution in [-0.4, -0.2) is 18.9 Å². The first kappa shape index (κ1) is 13.7. The number of Topliss-reactive ketones (excluding diaryl/α,β-unsaturated/α-hetero) is 1. The van der Waals surface area contributed by atoms with Crippen molar-refractivity contribution in [3.05, 3.63) is 59.7 Å². The number of nitrogens with one attached hydrogen (secondary N) is 1. The minimum absolute atomic E-state index is 0.175. The van der Waals surface area contributed by atoms with Crippen molar-refractivity contribution in [1.29, 1.82) is 0 Å². The van der Waals surface area contributed by atoms with E-state index in [4.69, 9.17) is 4.74 Å². The first-order valence-corrected chi connectivity index (χ1v) is 7.28. The van der Waals surface area contributed by atoms with Crippen LogP contribution in [0, 0.1) is 0 Å². The number of benzene rings is 2. The average Bonchev–Trinajstić information content (AvgIpc) is 2.55. The Morgan fingerprint density at radius 2 is 1.95 bits per heavy atom. The van der Waals surface area contributed by atoms with Gasteiger partial charge in [-0.25, -0.2) is 0 Å². The number of ketones is 1. The van der Waals surface area contributed by atoms with Crippen molar-refractivity contribution in [3.8, 4) is 5.75 Å². The highest BCUT2D eigenvalue weighted by Gasteiger charge is 2.20. The number of anilines is 1. The Hall–Kier alpha value is -2.29. The third-order valence-electron chi connectivity index (χ3n) is 3.98. The predicted octanol–water partition coefficient (Wildman–Crippen LogP) is 3.69. The molecule has 3 heteroatoms.